The molecule has 0 bridgehead atoms. The molecule has 1 amide bonds. The van der Waals surface area contributed by atoms with Crippen LogP contribution in [-0.2, 0) is 13.6 Å². The van der Waals surface area contributed by atoms with Crippen LogP contribution in [0.1, 0.15) is 40.9 Å². The molecule has 1 fully saturated rings. The molecule has 2 aromatic heterocycles. The molecule has 1 saturated heterocycles. The number of fused-ring (bicyclic) bond motifs is 1. The highest BCUT2D eigenvalue weighted by Crippen LogP contribution is 2.19. The molecule has 0 saturated carbocycles. The van der Waals surface area contributed by atoms with E-state index < -0.39 is 11.2 Å². The van der Waals surface area contributed by atoms with Crippen molar-refractivity contribution >= 4 is 16.9 Å². The molecule has 8 nitrogen and oxygen atoms in total. The lowest BCUT2D eigenvalue weighted by atomic mass is 10.1. The van der Waals surface area contributed by atoms with Crippen molar-refractivity contribution in [3.05, 3.63) is 68.0 Å². The monoisotopic (exact) mass is 422 g/mol. The van der Waals surface area contributed by atoms with Crippen LogP contribution < -0.4 is 16.0 Å². The van der Waals surface area contributed by atoms with Gasteiger partial charge in [0.2, 0.25) is 0 Å². The first-order valence-electron chi connectivity index (χ1n) is 10.4. The van der Waals surface area contributed by atoms with Gasteiger partial charge in [-0.2, -0.15) is 0 Å². The first-order valence-corrected chi connectivity index (χ1v) is 10.4. The number of hydrogen-bond donors (Lipinski definition) is 0. The number of hydrogen-bond acceptors (Lipinski definition) is 5. The molecule has 0 spiro atoms. The van der Waals surface area contributed by atoms with E-state index >= 15 is 0 Å². The fourth-order valence-corrected chi connectivity index (χ4v) is 4.13. The molecule has 0 N–H and O–H groups in total. The van der Waals surface area contributed by atoms with Crippen molar-refractivity contribution in [3.63, 3.8) is 0 Å². The standard InChI is InChI=1S/C23H26N4O4/c1-15-12-18(21(28)26-10-5-4-6-11-26)19-20(24-15)25(2)23(30)27(22(19)29)14-16-8-7-9-17(13-16)31-3/h7-9,12-13H,4-6,10-11,14H2,1-3H3. The van der Waals surface area contributed by atoms with Crippen LogP contribution in [0.25, 0.3) is 11.0 Å². The molecule has 0 atom stereocenters. The third-order valence-corrected chi connectivity index (χ3v) is 5.77. The largest absolute Gasteiger partial charge is 0.497 e. The summed E-state index contributed by atoms with van der Waals surface area (Å²) in [7, 11) is 3.14. The maximum absolute atomic E-state index is 13.5. The summed E-state index contributed by atoms with van der Waals surface area (Å²) in [5, 5.41) is 0.186. The van der Waals surface area contributed by atoms with Crippen LogP contribution in [0.15, 0.2) is 39.9 Å². The summed E-state index contributed by atoms with van der Waals surface area (Å²) < 4.78 is 7.75. The van der Waals surface area contributed by atoms with Gasteiger partial charge in [0.05, 0.1) is 24.6 Å². The van der Waals surface area contributed by atoms with E-state index in [2.05, 4.69) is 4.98 Å². The van der Waals surface area contributed by atoms with Crippen molar-refractivity contribution in [1.82, 2.24) is 19.0 Å². The van der Waals surface area contributed by atoms with E-state index in [1.807, 2.05) is 6.07 Å². The number of aryl methyl sites for hydroxylation is 2. The minimum atomic E-state index is -0.506. The zero-order chi connectivity index (χ0) is 22.1. The van der Waals surface area contributed by atoms with E-state index in [4.69, 9.17) is 4.74 Å². The van der Waals surface area contributed by atoms with Crippen LogP contribution in [-0.4, -0.2) is 45.1 Å². The third kappa shape index (κ3) is 3.85. The Morgan fingerprint density at radius 3 is 2.58 bits per heavy atom. The number of carbonyl (C=O) groups excluding carboxylic acids is 1. The lowest BCUT2D eigenvalue weighted by Crippen LogP contribution is -2.41. The summed E-state index contributed by atoms with van der Waals surface area (Å²) in [6.07, 6.45) is 3.00. The molecule has 1 aliphatic rings. The second-order valence-electron chi connectivity index (χ2n) is 7.95. The molecular weight excluding hydrogens is 396 g/mol. The molecule has 3 heterocycles. The first kappa shape index (κ1) is 20.8. The summed E-state index contributed by atoms with van der Waals surface area (Å²) >= 11 is 0. The summed E-state index contributed by atoms with van der Waals surface area (Å²) in [5.74, 6) is 0.459. The highest BCUT2D eigenvalue weighted by atomic mass is 16.5. The molecule has 0 aliphatic carbocycles. The van der Waals surface area contributed by atoms with Crippen molar-refractivity contribution in [1.29, 1.82) is 0 Å². The molecule has 162 valence electrons. The van der Waals surface area contributed by atoms with Gasteiger partial charge in [-0.05, 0) is 49.9 Å². The fraction of sp³-hybridized carbons (Fsp3) is 0.391. The smallest absolute Gasteiger partial charge is 0.332 e. The van der Waals surface area contributed by atoms with Gasteiger partial charge in [-0.1, -0.05) is 12.1 Å². The third-order valence-electron chi connectivity index (χ3n) is 5.77. The van der Waals surface area contributed by atoms with Gasteiger partial charge in [-0.15, -0.1) is 0 Å². The Balaban J connectivity index is 1.91. The van der Waals surface area contributed by atoms with Crippen LogP contribution in [0.3, 0.4) is 0 Å². The fourth-order valence-electron chi connectivity index (χ4n) is 4.13. The number of ether oxygens (including phenoxy) is 1. The van der Waals surface area contributed by atoms with Gasteiger partial charge in [-0.3, -0.25) is 18.7 Å². The van der Waals surface area contributed by atoms with Crippen LogP contribution in [0.4, 0.5) is 0 Å². The molecule has 1 aromatic carbocycles. The van der Waals surface area contributed by atoms with Crippen molar-refractivity contribution in [2.45, 2.75) is 32.7 Å². The van der Waals surface area contributed by atoms with Gasteiger partial charge in [0.15, 0.2) is 0 Å². The van der Waals surface area contributed by atoms with Crippen molar-refractivity contribution in [2.24, 2.45) is 7.05 Å². The zero-order valence-electron chi connectivity index (χ0n) is 18.1. The molecule has 4 rings (SSSR count). The second kappa shape index (κ2) is 8.37. The predicted octanol–water partition coefficient (Wildman–Crippen LogP) is 2.09. The zero-order valence-corrected chi connectivity index (χ0v) is 18.1. The first-order chi connectivity index (χ1) is 14.9. The van der Waals surface area contributed by atoms with Crippen molar-refractivity contribution in [3.8, 4) is 5.75 Å². The van der Waals surface area contributed by atoms with E-state index in [0.717, 1.165) is 29.4 Å². The number of piperidine rings is 1. The Bertz CT molecular complexity index is 1270. The van der Waals surface area contributed by atoms with Gasteiger partial charge < -0.3 is 9.64 Å². The Labute approximate surface area is 179 Å². The maximum Gasteiger partial charge on any atom is 0.332 e. The lowest BCUT2D eigenvalue weighted by molar-refractivity contribution is 0.0726. The van der Waals surface area contributed by atoms with Gasteiger partial charge in [0, 0.05) is 25.8 Å². The quantitative estimate of drug-likeness (QED) is 0.643. The second-order valence-corrected chi connectivity index (χ2v) is 7.95. The molecule has 3 aromatic rings. The van der Waals surface area contributed by atoms with E-state index in [1.165, 1.54) is 4.57 Å². The van der Waals surface area contributed by atoms with Gasteiger partial charge >= 0.3 is 5.69 Å². The number of rotatable bonds is 4. The number of methoxy groups -OCH3 is 1. The Morgan fingerprint density at radius 1 is 1.13 bits per heavy atom. The Hall–Kier alpha value is -3.42. The number of amides is 1. The van der Waals surface area contributed by atoms with Crippen LogP contribution in [0, 0.1) is 6.92 Å². The molecule has 0 unspecified atom stereocenters. The summed E-state index contributed by atoms with van der Waals surface area (Å²) in [5.41, 5.74) is 0.903. The van der Waals surface area contributed by atoms with E-state index in [-0.39, 0.29) is 23.5 Å². The Kier molecular flexibility index (Phi) is 5.63. The number of carbonyl (C=O) groups is 1. The highest BCUT2D eigenvalue weighted by molar-refractivity contribution is 6.05. The number of pyridine rings is 1. The number of nitrogens with zero attached hydrogens (tertiary/aromatic N) is 4. The minimum absolute atomic E-state index is 0.0733. The minimum Gasteiger partial charge on any atom is -0.497 e. The van der Waals surface area contributed by atoms with Gasteiger partial charge in [0.25, 0.3) is 11.5 Å². The van der Waals surface area contributed by atoms with Crippen molar-refractivity contribution in [2.75, 3.05) is 20.2 Å². The molecule has 1 aliphatic heterocycles. The normalized spacial score (nSPS) is 14.1. The van der Waals surface area contributed by atoms with Gasteiger partial charge in [0.1, 0.15) is 11.4 Å². The highest BCUT2D eigenvalue weighted by Gasteiger charge is 2.25. The van der Waals surface area contributed by atoms with Crippen LogP contribution in [0.2, 0.25) is 0 Å². The number of likely N-dealkylation sites (tertiary alicyclic amines) is 1. The summed E-state index contributed by atoms with van der Waals surface area (Å²) in [6, 6.07) is 8.86. The lowest BCUT2D eigenvalue weighted by Gasteiger charge is -2.27. The van der Waals surface area contributed by atoms with Crippen molar-refractivity contribution < 1.29 is 9.53 Å². The molecular formula is C23H26N4O4. The summed E-state index contributed by atoms with van der Waals surface area (Å²) in [4.78, 5) is 46.0. The molecule has 8 heteroatoms. The van der Waals surface area contributed by atoms with E-state index in [1.54, 1.807) is 50.2 Å². The predicted molar refractivity (Wildman–Crippen MR) is 118 cm³/mol. The number of aromatic nitrogens is 3. The summed E-state index contributed by atoms with van der Waals surface area (Å²) in [6.45, 7) is 3.18. The average Bonchev–Trinajstić information content (AvgIpc) is 2.80. The van der Waals surface area contributed by atoms with Crippen LogP contribution >= 0.6 is 0 Å². The average molecular weight is 422 g/mol. The molecule has 0 radical (unpaired) electrons. The Morgan fingerprint density at radius 2 is 1.87 bits per heavy atom. The molecule has 31 heavy (non-hydrogen) atoms. The topological polar surface area (TPSA) is 86.4 Å². The van der Waals surface area contributed by atoms with Crippen LogP contribution in [0.5, 0.6) is 5.75 Å². The van der Waals surface area contributed by atoms with Gasteiger partial charge in [-0.25, -0.2) is 9.78 Å². The SMILES string of the molecule is COc1cccc(Cn2c(=O)c3c(C(=O)N4CCCCC4)cc(C)nc3n(C)c2=O)c1. The van der Waals surface area contributed by atoms with E-state index in [0.29, 0.717) is 30.1 Å². The maximum atomic E-state index is 13.5. The van der Waals surface area contributed by atoms with E-state index in [9.17, 15) is 14.4 Å². The number of benzene rings is 1.